The molecule has 3 aromatic heterocycles. The highest BCUT2D eigenvalue weighted by Gasteiger charge is 2.16. The monoisotopic (exact) mass is 312 g/mol. The third kappa shape index (κ3) is 2.72. The summed E-state index contributed by atoms with van der Waals surface area (Å²) < 4.78 is 3.28. The number of aromatic nitrogens is 3. The summed E-state index contributed by atoms with van der Waals surface area (Å²) in [6, 6.07) is 7.31. The molecule has 1 amide bonds. The zero-order valence-corrected chi connectivity index (χ0v) is 13.4. The number of rotatable bonds is 5. The largest absolute Gasteiger partial charge is 0.344 e. The SMILES string of the molecule is CCCCN(C)C(=O)Cn1c(=O)c2cccn2c2cccnc21. The molecule has 6 heteroatoms. The number of amides is 1. The van der Waals surface area contributed by atoms with E-state index in [0.717, 1.165) is 18.4 Å². The van der Waals surface area contributed by atoms with Gasteiger partial charge in [0.2, 0.25) is 5.91 Å². The van der Waals surface area contributed by atoms with Crippen LogP contribution in [0.25, 0.3) is 16.7 Å². The van der Waals surface area contributed by atoms with Crippen LogP contribution < -0.4 is 5.56 Å². The van der Waals surface area contributed by atoms with Gasteiger partial charge in [-0.2, -0.15) is 0 Å². The molecule has 6 nitrogen and oxygen atoms in total. The predicted molar refractivity (Wildman–Crippen MR) is 89.5 cm³/mol. The zero-order valence-electron chi connectivity index (χ0n) is 13.4. The summed E-state index contributed by atoms with van der Waals surface area (Å²) in [5.74, 6) is -0.0802. The Morgan fingerprint density at radius 3 is 2.83 bits per heavy atom. The van der Waals surface area contributed by atoms with E-state index in [1.807, 2.05) is 28.8 Å². The van der Waals surface area contributed by atoms with Crippen molar-refractivity contribution in [3.63, 3.8) is 0 Å². The van der Waals surface area contributed by atoms with Gasteiger partial charge in [0.05, 0.1) is 5.52 Å². The first-order valence-corrected chi connectivity index (χ1v) is 7.82. The molecular formula is C17H20N4O2. The molecule has 3 rings (SSSR count). The minimum absolute atomic E-state index is 0.00818. The minimum Gasteiger partial charge on any atom is -0.344 e. The number of fused-ring (bicyclic) bond motifs is 3. The van der Waals surface area contributed by atoms with Gasteiger partial charge >= 0.3 is 0 Å². The van der Waals surface area contributed by atoms with Gasteiger partial charge in [-0.05, 0) is 30.7 Å². The fourth-order valence-electron chi connectivity index (χ4n) is 2.71. The van der Waals surface area contributed by atoms with Gasteiger partial charge in [-0.15, -0.1) is 0 Å². The number of likely N-dealkylation sites (N-methyl/N-ethyl adjacent to an activating group) is 1. The summed E-state index contributed by atoms with van der Waals surface area (Å²) in [7, 11) is 1.77. The number of pyridine rings is 1. The first-order chi connectivity index (χ1) is 11.1. The highest BCUT2D eigenvalue weighted by molar-refractivity contribution is 5.80. The molecule has 0 saturated heterocycles. The van der Waals surface area contributed by atoms with Crippen LogP contribution in [0.15, 0.2) is 41.5 Å². The van der Waals surface area contributed by atoms with Crippen LogP contribution >= 0.6 is 0 Å². The maximum Gasteiger partial charge on any atom is 0.276 e. The Morgan fingerprint density at radius 2 is 2.04 bits per heavy atom. The molecule has 0 bridgehead atoms. The molecule has 0 aromatic carbocycles. The van der Waals surface area contributed by atoms with E-state index < -0.39 is 0 Å². The Kier molecular flexibility index (Phi) is 4.14. The molecule has 0 unspecified atom stereocenters. The highest BCUT2D eigenvalue weighted by atomic mass is 16.2. The van der Waals surface area contributed by atoms with Gasteiger partial charge < -0.3 is 9.30 Å². The Balaban J connectivity index is 2.07. The Bertz CT molecular complexity index is 910. The summed E-state index contributed by atoms with van der Waals surface area (Å²) in [5.41, 5.74) is 1.70. The van der Waals surface area contributed by atoms with Crippen molar-refractivity contribution in [2.75, 3.05) is 13.6 Å². The van der Waals surface area contributed by atoms with Crippen LogP contribution in [0.1, 0.15) is 19.8 Å². The van der Waals surface area contributed by atoms with Crippen molar-refractivity contribution < 1.29 is 4.79 Å². The molecule has 0 spiro atoms. The number of carbonyl (C=O) groups is 1. The topological polar surface area (TPSA) is 59.6 Å². The van der Waals surface area contributed by atoms with Gasteiger partial charge in [0.15, 0.2) is 5.65 Å². The van der Waals surface area contributed by atoms with Crippen LogP contribution in [-0.2, 0) is 11.3 Å². The maximum absolute atomic E-state index is 12.7. The van der Waals surface area contributed by atoms with E-state index in [-0.39, 0.29) is 18.0 Å². The van der Waals surface area contributed by atoms with E-state index in [0.29, 0.717) is 17.7 Å². The summed E-state index contributed by atoms with van der Waals surface area (Å²) in [6.45, 7) is 2.79. The highest BCUT2D eigenvalue weighted by Crippen LogP contribution is 2.13. The van der Waals surface area contributed by atoms with Crippen LogP contribution in [0.5, 0.6) is 0 Å². The van der Waals surface area contributed by atoms with Crippen molar-refractivity contribution in [1.29, 1.82) is 0 Å². The summed E-state index contributed by atoms with van der Waals surface area (Å²) in [6.07, 6.45) is 5.45. The number of hydrogen-bond acceptors (Lipinski definition) is 3. The summed E-state index contributed by atoms with van der Waals surface area (Å²) in [5, 5.41) is 0. The van der Waals surface area contributed by atoms with Crippen LogP contribution in [0.4, 0.5) is 0 Å². The van der Waals surface area contributed by atoms with Gasteiger partial charge in [0, 0.05) is 26.0 Å². The Hall–Kier alpha value is -2.63. The van der Waals surface area contributed by atoms with Gasteiger partial charge in [-0.25, -0.2) is 4.98 Å². The smallest absolute Gasteiger partial charge is 0.276 e. The summed E-state index contributed by atoms with van der Waals surface area (Å²) >= 11 is 0. The summed E-state index contributed by atoms with van der Waals surface area (Å²) in [4.78, 5) is 31.1. The van der Waals surface area contributed by atoms with Crippen molar-refractivity contribution in [2.45, 2.75) is 26.3 Å². The number of carbonyl (C=O) groups excluding carboxylic acids is 1. The fraction of sp³-hybridized carbons (Fsp3) is 0.353. The number of unbranched alkanes of at least 4 members (excludes halogenated alkanes) is 1. The molecule has 120 valence electrons. The van der Waals surface area contributed by atoms with E-state index >= 15 is 0 Å². The molecular weight excluding hydrogens is 292 g/mol. The lowest BCUT2D eigenvalue weighted by Crippen LogP contribution is -2.35. The van der Waals surface area contributed by atoms with Crippen molar-refractivity contribution in [2.24, 2.45) is 0 Å². The lowest BCUT2D eigenvalue weighted by molar-refractivity contribution is -0.130. The van der Waals surface area contributed by atoms with E-state index in [2.05, 4.69) is 11.9 Å². The van der Waals surface area contributed by atoms with Crippen LogP contribution in [0.2, 0.25) is 0 Å². The Morgan fingerprint density at radius 1 is 1.26 bits per heavy atom. The molecule has 0 N–H and O–H groups in total. The third-order valence-corrected chi connectivity index (χ3v) is 4.06. The van der Waals surface area contributed by atoms with Crippen LogP contribution in [-0.4, -0.2) is 38.4 Å². The van der Waals surface area contributed by atoms with Crippen molar-refractivity contribution >= 4 is 22.6 Å². The zero-order chi connectivity index (χ0) is 16.4. The molecule has 0 fully saturated rings. The maximum atomic E-state index is 12.7. The third-order valence-electron chi connectivity index (χ3n) is 4.06. The number of hydrogen-bond donors (Lipinski definition) is 0. The number of nitrogens with zero attached hydrogens (tertiary/aromatic N) is 4. The molecule has 0 saturated carbocycles. The molecule has 23 heavy (non-hydrogen) atoms. The van der Waals surface area contributed by atoms with Crippen LogP contribution in [0.3, 0.4) is 0 Å². The Labute approximate surface area is 134 Å². The van der Waals surface area contributed by atoms with Gasteiger partial charge in [-0.3, -0.25) is 14.2 Å². The first kappa shape index (κ1) is 15.3. The quantitative estimate of drug-likeness (QED) is 0.723. The van der Waals surface area contributed by atoms with Gasteiger partial charge in [-0.1, -0.05) is 13.3 Å². The molecule has 3 aromatic rings. The molecule has 0 aliphatic heterocycles. The second kappa shape index (κ2) is 6.24. The van der Waals surface area contributed by atoms with Crippen molar-refractivity contribution in [3.8, 4) is 0 Å². The van der Waals surface area contributed by atoms with Crippen molar-refractivity contribution in [1.82, 2.24) is 18.9 Å². The van der Waals surface area contributed by atoms with E-state index in [1.54, 1.807) is 24.2 Å². The molecule has 0 radical (unpaired) electrons. The van der Waals surface area contributed by atoms with E-state index in [9.17, 15) is 9.59 Å². The standard InChI is InChI=1S/C17H20N4O2/c1-3-4-10-19(2)15(22)12-21-16-13(7-5-9-18-16)20-11-6-8-14(20)17(21)23/h5-9,11H,3-4,10,12H2,1-2H3. The van der Waals surface area contributed by atoms with Crippen LogP contribution in [0, 0.1) is 0 Å². The fourth-order valence-corrected chi connectivity index (χ4v) is 2.71. The molecule has 0 aliphatic rings. The average Bonchev–Trinajstić information content (AvgIpc) is 3.06. The predicted octanol–water partition coefficient (Wildman–Crippen LogP) is 1.91. The molecule has 0 atom stereocenters. The normalized spacial score (nSPS) is 11.2. The van der Waals surface area contributed by atoms with Gasteiger partial charge in [0.25, 0.3) is 5.56 Å². The first-order valence-electron chi connectivity index (χ1n) is 7.82. The van der Waals surface area contributed by atoms with E-state index in [4.69, 9.17) is 0 Å². The lowest BCUT2D eigenvalue weighted by Gasteiger charge is -2.18. The average molecular weight is 312 g/mol. The molecule has 3 heterocycles. The second-order valence-electron chi connectivity index (χ2n) is 5.67. The van der Waals surface area contributed by atoms with Crippen molar-refractivity contribution in [3.05, 3.63) is 47.0 Å². The van der Waals surface area contributed by atoms with E-state index in [1.165, 1.54) is 4.57 Å². The molecule has 0 aliphatic carbocycles. The lowest BCUT2D eigenvalue weighted by atomic mass is 10.3. The van der Waals surface area contributed by atoms with Gasteiger partial charge in [0.1, 0.15) is 12.1 Å². The minimum atomic E-state index is -0.196. The second-order valence-corrected chi connectivity index (χ2v) is 5.67.